The Morgan fingerprint density at radius 3 is 2.35 bits per heavy atom. The number of carbonyl (C=O) groups excluding carboxylic acids is 1. The maximum absolute atomic E-state index is 12.6. The summed E-state index contributed by atoms with van der Waals surface area (Å²) in [7, 11) is 0. The molecule has 1 aliphatic rings. The number of fused-ring (bicyclic) bond motifs is 1. The Morgan fingerprint density at radius 2 is 1.73 bits per heavy atom. The number of carbonyl (C=O) groups is 1. The van der Waals surface area contributed by atoms with E-state index in [4.69, 9.17) is 4.74 Å². The molecule has 2 aromatic rings. The zero-order chi connectivity index (χ0) is 18.9. The molecule has 1 amide bonds. The second-order valence-electron chi connectivity index (χ2n) is 6.31. The van der Waals surface area contributed by atoms with Gasteiger partial charge in [-0.2, -0.15) is 13.2 Å². The Labute approximate surface area is 149 Å². The van der Waals surface area contributed by atoms with Crippen LogP contribution in [-0.2, 0) is 23.9 Å². The highest BCUT2D eigenvalue weighted by Crippen LogP contribution is 2.32. The van der Waals surface area contributed by atoms with Gasteiger partial charge in [0.05, 0.1) is 5.56 Å². The lowest BCUT2D eigenvalue weighted by atomic mass is 9.99. The molecular weight excluding hydrogens is 343 g/mol. The first-order valence-electron chi connectivity index (χ1n) is 8.16. The predicted molar refractivity (Wildman–Crippen MR) is 91.9 cm³/mol. The molecule has 2 aromatic carbocycles. The summed E-state index contributed by atoms with van der Waals surface area (Å²) >= 11 is 0. The van der Waals surface area contributed by atoms with Gasteiger partial charge in [0.2, 0.25) is 5.91 Å². The van der Waals surface area contributed by atoms with E-state index in [9.17, 15) is 18.0 Å². The van der Waals surface area contributed by atoms with E-state index in [0.29, 0.717) is 30.2 Å². The molecule has 0 bridgehead atoms. The van der Waals surface area contributed by atoms with E-state index in [1.165, 1.54) is 12.1 Å². The highest BCUT2D eigenvalue weighted by atomic mass is 19.4. The number of nitrogens with zero attached hydrogens (tertiary/aromatic N) is 1. The van der Waals surface area contributed by atoms with Gasteiger partial charge in [-0.05, 0) is 60.9 Å². The fourth-order valence-electron chi connectivity index (χ4n) is 2.89. The molecule has 0 fully saturated rings. The van der Waals surface area contributed by atoms with Crippen LogP contribution in [0.5, 0.6) is 11.5 Å². The van der Waals surface area contributed by atoms with Crippen LogP contribution in [-0.4, -0.2) is 17.4 Å². The van der Waals surface area contributed by atoms with Crippen LogP contribution < -0.4 is 4.74 Å². The van der Waals surface area contributed by atoms with E-state index in [1.807, 2.05) is 12.1 Å². The molecule has 136 valence electrons. The van der Waals surface area contributed by atoms with Gasteiger partial charge in [-0.3, -0.25) is 4.79 Å². The summed E-state index contributed by atoms with van der Waals surface area (Å²) in [6.07, 6.45) is -3.63. The average Bonchev–Trinajstić information content (AvgIpc) is 2.60. The van der Waals surface area contributed by atoms with Crippen LogP contribution in [0.1, 0.15) is 23.6 Å². The fraction of sp³-hybridized carbons (Fsp3) is 0.250. The predicted octanol–water partition coefficient (Wildman–Crippen LogP) is 4.96. The van der Waals surface area contributed by atoms with Gasteiger partial charge in [-0.15, -0.1) is 0 Å². The quantitative estimate of drug-likeness (QED) is 0.724. The fourth-order valence-corrected chi connectivity index (χ4v) is 2.89. The minimum atomic E-state index is -4.37. The van der Waals surface area contributed by atoms with E-state index in [-0.39, 0.29) is 5.91 Å². The molecule has 0 spiro atoms. The summed E-state index contributed by atoms with van der Waals surface area (Å²) in [5.74, 6) is 0.765. The van der Waals surface area contributed by atoms with Crippen molar-refractivity contribution in [1.29, 1.82) is 0 Å². The maximum Gasteiger partial charge on any atom is 0.416 e. The number of rotatable bonds is 3. The molecule has 3 nitrogen and oxygen atoms in total. The van der Waals surface area contributed by atoms with Crippen molar-refractivity contribution in [3.05, 3.63) is 71.3 Å². The second-order valence-corrected chi connectivity index (χ2v) is 6.31. The third-order valence-corrected chi connectivity index (χ3v) is 4.26. The van der Waals surface area contributed by atoms with Crippen LogP contribution in [0.15, 0.2) is 54.6 Å². The van der Waals surface area contributed by atoms with Gasteiger partial charge >= 0.3 is 6.18 Å². The largest absolute Gasteiger partial charge is 0.457 e. The second kappa shape index (κ2) is 6.86. The third-order valence-electron chi connectivity index (χ3n) is 4.26. The Hall–Kier alpha value is -2.76. The van der Waals surface area contributed by atoms with Crippen molar-refractivity contribution in [2.24, 2.45) is 0 Å². The van der Waals surface area contributed by atoms with Crippen molar-refractivity contribution in [2.45, 2.75) is 26.1 Å². The van der Waals surface area contributed by atoms with Crippen molar-refractivity contribution in [1.82, 2.24) is 4.90 Å². The van der Waals surface area contributed by atoms with E-state index < -0.39 is 11.7 Å². The van der Waals surface area contributed by atoms with Gasteiger partial charge in [-0.1, -0.05) is 12.6 Å². The van der Waals surface area contributed by atoms with Crippen molar-refractivity contribution in [2.75, 3.05) is 6.54 Å². The summed E-state index contributed by atoms with van der Waals surface area (Å²) in [6, 6.07) is 10.1. The smallest absolute Gasteiger partial charge is 0.416 e. The Bertz CT molecular complexity index is 841. The van der Waals surface area contributed by atoms with Crippen LogP contribution >= 0.6 is 0 Å². The van der Waals surface area contributed by atoms with Gasteiger partial charge in [0.1, 0.15) is 11.5 Å². The minimum absolute atomic E-state index is 0.0790. The van der Waals surface area contributed by atoms with Crippen molar-refractivity contribution in [3.63, 3.8) is 0 Å². The summed E-state index contributed by atoms with van der Waals surface area (Å²) < 4.78 is 43.5. The molecule has 0 radical (unpaired) electrons. The molecule has 0 aromatic heterocycles. The van der Waals surface area contributed by atoms with E-state index in [0.717, 1.165) is 29.7 Å². The Morgan fingerprint density at radius 1 is 1.08 bits per heavy atom. The molecule has 1 aliphatic heterocycles. The molecule has 0 atom stereocenters. The van der Waals surface area contributed by atoms with Gasteiger partial charge in [0.15, 0.2) is 0 Å². The number of halogens is 3. The first-order chi connectivity index (χ1) is 12.2. The van der Waals surface area contributed by atoms with Crippen molar-refractivity contribution in [3.8, 4) is 11.5 Å². The van der Waals surface area contributed by atoms with Crippen molar-refractivity contribution < 1.29 is 22.7 Å². The summed E-state index contributed by atoms with van der Waals surface area (Å²) in [5, 5.41) is 0. The van der Waals surface area contributed by atoms with Crippen LogP contribution in [0, 0.1) is 0 Å². The molecule has 3 rings (SSSR count). The van der Waals surface area contributed by atoms with Gasteiger partial charge in [0.25, 0.3) is 0 Å². The minimum Gasteiger partial charge on any atom is -0.457 e. The molecule has 26 heavy (non-hydrogen) atoms. The third kappa shape index (κ3) is 3.90. The molecule has 0 unspecified atom stereocenters. The summed E-state index contributed by atoms with van der Waals surface area (Å²) in [6.45, 7) is 6.47. The molecule has 1 heterocycles. The van der Waals surface area contributed by atoms with E-state index in [2.05, 4.69) is 6.58 Å². The normalized spacial score (nSPS) is 13.9. The number of hydrogen-bond acceptors (Lipinski definition) is 2. The SMILES string of the molecule is C=C(C)C(=O)N1CCc2ccc(Oc3ccc(C(F)(F)F)cc3)cc2C1. The number of hydrogen-bond donors (Lipinski definition) is 0. The zero-order valence-electron chi connectivity index (χ0n) is 14.3. The lowest BCUT2D eigenvalue weighted by Gasteiger charge is -2.29. The molecular formula is C20H18F3NO2. The van der Waals surface area contributed by atoms with E-state index >= 15 is 0 Å². The highest BCUT2D eigenvalue weighted by molar-refractivity contribution is 5.92. The lowest BCUT2D eigenvalue weighted by Crippen LogP contribution is -2.36. The Kier molecular flexibility index (Phi) is 4.76. The lowest BCUT2D eigenvalue weighted by molar-refractivity contribution is -0.137. The van der Waals surface area contributed by atoms with Crippen molar-refractivity contribution >= 4 is 5.91 Å². The van der Waals surface area contributed by atoms with Crippen LogP contribution in [0.3, 0.4) is 0 Å². The van der Waals surface area contributed by atoms with Gasteiger partial charge in [-0.25, -0.2) is 0 Å². The monoisotopic (exact) mass is 361 g/mol. The number of ether oxygens (including phenoxy) is 1. The number of benzene rings is 2. The summed E-state index contributed by atoms with van der Waals surface area (Å²) in [5.41, 5.74) is 1.88. The van der Waals surface area contributed by atoms with Crippen LogP contribution in [0.2, 0.25) is 0 Å². The number of amides is 1. The first kappa shape index (κ1) is 18.0. The van der Waals surface area contributed by atoms with E-state index in [1.54, 1.807) is 17.9 Å². The van der Waals surface area contributed by atoms with Gasteiger partial charge < -0.3 is 9.64 Å². The maximum atomic E-state index is 12.6. The first-order valence-corrected chi connectivity index (χ1v) is 8.16. The average molecular weight is 361 g/mol. The molecule has 0 saturated carbocycles. The Balaban J connectivity index is 1.76. The van der Waals surface area contributed by atoms with Gasteiger partial charge in [0, 0.05) is 18.7 Å². The molecule has 0 saturated heterocycles. The topological polar surface area (TPSA) is 29.5 Å². The highest BCUT2D eigenvalue weighted by Gasteiger charge is 2.30. The van der Waals surface area contributed by atoms with Crippen LogP contribution in [0.25, 0.3) is 0 Å². The summed E-state index contributed by atoms with van der Waals surface area (Å²) in [4.78, 5) is 13.8. The standard InChI is InChI=1S/C20H18F3NO2/c1-13(2)19(25)24-10-9-14-3-6-18(11-15(14)12-24)26-17-7-4-16(5-8-17)20(21,22)23/h3-8,11H,1,9-10,12H2,2H3. The van der Waals surface area contributed by atoms with Crippen LogP contribution in [0.4, 0.5) is 13.2 Å². The molecule has 0 N–H and O–H groups in total. The number of alkyl halides is 3. The molecule has 6 heteroatoms. The molecule has 0 aliphatic carbocycles. The zero-order valence-corrected chi connectivity index (χ0v) is 14.3.